The van der Waals surface area contributed by atoms with E-state index in [1.54, 1.807) is 17.0 Å². The Morgan fingerprint density at radius 1 is 1.52 bits per heavy atom. The van der Waals surface area contributed by atoms with E-state index in [2.05, 4.69) is 11.9 Å². The Balaban J connectivity index is 1.94. The van der Waals surface area contributed by atoms with Gasteiger partial charge >= 0.3 is 0 Å². The van der Waals surface area contributed by atoms with E-state index in [1.807, 2.05) is 18.2 Å². The van der Waals surface area contributed by atoms with Gasteiger partial charge in [0.2, 0.25) is 11.8 Å². The number of carbonyl (C=O) groups excluding carboxylic acids is 2. The number of nitrogens with zero attached hydrogens (tertiary/aromatic N) is 1. The molecule has 112 valence electrons. The maximum atomic E-state index is 12.4. The number of para-hydroxylation sites is 1. The van der Waals surface area contributed by atoms with Gasteiger partial charge in [0, 0.05) is 12.3 Å². The molecule has 1 aliphatic heterocycles. The van der Waals surface area contributed by atoms with Gasteiger partial charge in [-0.15, -0.1) is 18.3 Å². The van der Waals surface area contributed by atoms with Crippen molar-refractivity contribution >= 4 is 40.9 Å². The van der Waals surface area contributed by atoms with Crippen LogP contribution in [0.2, 0.25) is 5.02 Å². The normalized spacial score (nSPS) is 17.9. The summed E-state index contributed by atoms with van der Waals surface area (Å²) in [6, 6.07) is 6.76. The maximum Gasteiger partial charge on any atom is 0.249 e. The number of carbonyl (C=O) groups is 2. The number of hydrogen-bond donors (Lipinski definition) is 1. The lowest BCUT2D eigenvalue weighted by Crippen LogP contribution is -2.42. The number of anilines is 1. The molecule has 2 amide bonds. The fraction of sp³-hybridized carbons (Fsp3) is 0.333. The zero-order valence-corrected chi connectivity index (χ0v) is 13.1. The van der Waals surface area contributed by atoms with E-state index >= 15 is 0 Å². The van der Waals surface area contributed by atoms with Gasteiger partial charge in [-0.25, -0.2) is 0 Å². The van der Waals surface area contributed by atoms with Gasteiger partial charge in [0.05, 0.1) is 16.5 Å². The summed E-state index contributed by atoms with van der Waals surface area (Å²) >= 11 is 7.58. The Labute approximate surface area is 133 Å². The third kappa shape index (κ3) is 4.02. The molecule has 0 radical (unpaired) electrons. The van der Waals surface area contributed by atoms with E-state index in [-0.39, 0.29) is 11.8 Å². The van der Waals surface area contributed by atoms with Crippen LogP contribution in [0.4, 0.5) is 5.69 Å². The minimum atomic E-state index is -0.460. The highest BCUT2D eigenvalue weighted by atomic mass is 35.5. The van der Waals surface area contributed by atoms with Crippen molar-refractivity contribution in [2.24, 2.45) is 0 Å². The molecule has 1 fully saturated rings. The first-order chi connectivity index (χ1) is 10.1. The second-order valence-electron chi connectivity index (χ2n) is 4.65. The quantitative estimate of drug-likeness (QED) is 0.646. The Hall–Kier alpha value is -1.46. The molecule has 1 saturated heterocycles. The lowest BCUT2D eigenvalue weighted by molar-refractivity contribution is -0.124. The smallest absolute Gasteiger partial charge is 0.249 e. The molecule has 1 aromatic rings. The molecular formula is C15H17ClN2O2S. The van der Waals surface area contributed by atoms with Crippen LogP contribution in [-0.4, -0.2) is 35.9 Å². The molecule has 1 aliphatic rings. The lowest BCUT2D eigenvalue weighted by atomic mass is 10.2. The summed E-state index contributed by atoms with van der Waals surface area (Å²) in [6.45, 7) is 4.16. The van der Waals surface area contributed by atoms with Crippen molar-refractivity contribution in [1.82, 2.24) is 5.32 Å². The first-order valence-corrected chi connectivity index (χ1v) is 8.20. The van der Waals surface area contributed by atoms with E-state index in [1.165, 1.54) is 11.8 Å². The van der Waals surface area contributed by atoms with E-state index in [9.17, 15) is 9.59 Å². The molecule has 1 atom stereocenters. The molecule has 0 bridgehead atoms. The molecule has 1 N–H and O–H groups in total. The van der Waals surface area contributed by atoms with Gasteiger partial charge in [-0.2, -0.15) is 0 Å². The largest absolute Gasteiger partial charge is 0.343 e. The number of thioether (sulfide) groups is 1. The van der Waals surface area contributed by atoms with Crippen molar-refractivity contribution in [2.45, 2.75) is 12.5 Å². The van der Waals surface area contributed by atoms with Crippen molar-refractivity contribution in [1.29, 1.82) is 0 Å². The van der Waals surface area contributed by atoms with Crippen LogP contribution in [0.15, 0.2) is 36.9 Å². The highest BCUT2D eigenvalue weighted by Gasteiger charge is 2.34. The van der Waals surface area contributed by atoms with Gasteiger partial charge in [-0.1, -0.05) is 29.8 Å². The Bertz CT molecular complexity index is 550. The molecule has 4 nitrogen and oxygen atoms in total. The summed E-state index contributed by atoms with van der Waals surface area (Å²) in [7, 11) is 0. The topological polar surface area (TPSA) is 49.4 Å². The Kier molecular flexibility index (Phi) is 5.70. The zero-order valence-electron chi connectivity index (χ0n) is 11.5. The number of rotatable bonds is 6. The number of halogens is 1. The zero-order chi connectivity index (χ0) is 15.2. The molecule has 0 saturated carbocycles. The summed E-state index contributed by atoms with van der Waals surface area (Å²) in [5.41, 5.74) is 0.696. The molecule has 2 rings (SSSR count). The molecule has 1 aromatic carbocycles. The predicted molar refractivity (Wildman–Crippen MR) is 87.9 cm³/mol. The average Bonchev–Trinajstić information content (AvgIpc) is 2.81. The summed E-state index contributed by atoms with van der Waals surface area (Å²) < 4.78 is 0. The minimum absolute atomic E-state index is 0.106. The van der Waals surface area contributed by atoms with Crippen molar-refractivity contribution in [2.75, 3.05) is 23.0 Å². The van der Waals surface area contributed by atoms with Crippen LogP contribution in [-0.2, 0) is 9.59 Å². The third-order valence-electron chi connectivity index (χ3n) is 3.15. The van der Waals surface area contributed by atoms with Crippen LogP contribution in [0.25, 0.3) is 0 Å². The molecule has 0 aromatic heterocycles. The van der Waals surface area contributed by atoms with Crippen LogP contribution < -0.4 is 10.2 Å². The predicted octanol–water partition coefficient (Wildman–Crippen LogP) is 2.48. The number of hydrogen-bond acceptors (Lipinski definition) is 3. The van der Waals surface area contributed by atoms with Gasteiger partial charge in [0.1, 0.15) is 6.04 Å². The maximum absolute atomic E-state index is 12.4. The fourth-order valence-corrected chi connectivity index (χ4v) is 2.99. The monoisotopic (exact) mass is 324 g/mol. The molecular weight excluding hydrogens is 308 g/mol. The Morgan fingerprint density at radius 2 is 2.29 bits per heavy atom. The first-order valence-electron chi connectivity index (χ1n) is 6.67. The van der Waals surface area contributed by atoms with E-state index in [0.717, 1.165) is 5.75 Å². The number of amides is 2. The van der Waals surface area contributed by atoms with Crippen LogP contribution >= 0.6 is 23.4 Å². The molecule has 1 heterocycles. The second kappa shape index (κ2) is 7.52. The van der Waals surface area contributed by atoms with Crippen molar-refractivity contribution in [3.63, 3.8) is 0 Å². The first kappa shape index (κ1) is 15.9. The van der Waals surface area contributed by atoms with Gasteiger partial charge in [-0.05, 0) is 18.6 Å². The van der Waals surface area contributed by atoms with E-state index in [0.29, 0.717) is 29.4 Å². The minimum Gasteiger partial charge on any atom is -0.343 e. The third-order valence-corrected chi connectivity index (χ3v) is 4.41. The van der Waals surface area contributed by atoms with Crippen molar-refractivity contribution < 1.29 is 9.59 Å². The van der Waals surface area contributed by atoms with Crippen molar-refractivity contribution in [3.05, 3.63) is 41.9 Å². The summed E-state index contributed by atoms with van der Waals surface area (Å²) in [4.78, 5) is 25.7. The van der Waals surface area contributed by atoms with Gasteiger partial charge < -0.3 is 10.2 Å². The molecule has 0 unspecified atom stereocenters. The van der Waals surface area contributed by atoms with Crippen LogP contribution in [0.1, 0.15) is 6.42 Å². The SMILES string of the molecule is C=CCSCC(=O)N[C@H]1CCN(c2ccccc2Cl)C1=O. The summed E-state index contributed by atoms with van der Waals surface area (Å²) in [5.74, 6) is 0.825. The molecule has 0 aliphatic carbocycles. The van der Waals surface area contributed by atoms with Crippen LogP contribution in [0, 0.1) is 0 Å². The number of benzene rings is 1. The number of nitrogens with one attached hydrogen (secondary N) is 1. The lowest BCUT2D eigenvalue weighted by Gasteiger charge is -2.18. The second-order valence-corrected chi connectivity index (χ2v) is 6.09. The summed E-state index contributed by atoms with van der Waals surface area (Å²) in [5, 5.41) is 3.32. The van der Waals surface area contributed by atoms with Crippen molar-refractivity contribution in [3.8, 4) is 0 Å². The van der Waals surface area contributed by atoms with Gasteiger partial charge in [-0.3, -0.25) is 9.59 Å². The standard InChI is InChI=1S/C15H17ClN2O2S/c1-2-9-21-10-14(19)17-12-7-8-18(15(12)20)13-6-4-3-5-11(13)16/h2-6,12H,1,7-10H2,(H,17,19)/t12-/m0/s1. The highest BCUT2D eigenvalue weighted by molar-refractivity contribution is 8.00. The van der Waals surface area contributed by atoms with E-state index in [4.69, 9.17) is 11.6 Å². The molecule has 0 spiro atoms. The highest BCUT2D eigenvalue weighted by Crippen LogP contribution is 2.28. The molecule has 6 heteroatoms. The molecule has 21 heavy (non-hydrogen) atoms. The van der Waals surface area contributed by atoms with E-state index < -0.39 is 6.04 Å². The average molecular weight is 325 g/mol. The fourth-order valence-electron chi connectivity index (χ4n) is 2.19. The van der Waals surface area contributed by atoms with Crippen LogP contribution in [0.5, 0.6) is 0 Å². The summed E-state index contributed by atoms with van der Waals surface area (Å²) in [6.07, 6.45) is 2.35. The van der Waals surface area contributed by atoms with Gasteiger partial charge in [0.25, 0.3) is 0 Å². The Morgan fingerprint density at radius 3 is 3.00 bits per heavy atom. The van der Waals surface area contributed by atoms with Crippen LogP contribution in [0.3, 0.4) is 0 Å². The van der Waals surface area contributed by atoms with Gasteiger partial charge in [0.15, 0.2) is 0 Å².